The van der Waals surface area contributed by atoms with Crippen LogP contribution in [0.3, 0.4) is 0 Å². The molecule has 0 N–H and O–H groups in total. The highest BCUT2D eigenvalue weighted by Crippen LogP contribution is 2.30. The Bertz CT molecular complexity index is 1360. The van der Waals surface area contributed by atoms with Crippen molar-refractivity contribution in [3.63, 3.8) is 0 Å². The number of aromatic nitrogens is 3. The zero-order chi connectivity index (χ0) is 24.2. The molecule has 0 radical (unpaired) electrons. The average Bonchev–Trinajstić information content (AvgIpc) is 3.30. The molecule has 4 aromatic rings. The molecular weight excluding hydrogens is 437 g/mol. The van der Waals surface area contributed by atoms with Gasteiger partial charge in [0.1, 0.15) is 23.0 Å². The van der Waals surface area contributed by atoms with E-state index in [1.54, 1.807) is 62.4 Å². The van der Waals surface area contributed by atoms with Crippen LogP contribution in [-0.2, 0) is 0 Å². The second kappa shape index (κ2) is 9.74. The number of hydrogen-bond acceptors (Lipinski definition) is 7. The van der Waals surface area contributed by atoms with Crippen LogP contribution in [0.2, 0.25) is 0 Å². The standard InChI is InChI=1S/C26H22FN3O4/c1-15-14-19(8-9-20(15)27)25-24(33-3)13-10-21(29-25)23(32)12-11-22(31)17-4-6-18(7-5-17)26-28-16(2)30-34-26/h4-10,13-14H,11-12H2,1-3H3. The smallest absolute Gasteiger partial charge is 0.257 e. The molecule has 0 fully saturated rings. The number of ketones is 2. The summed E-state index contributed by atoms with van der Waals surface area (Å²) >= 11 is 0. The minimum absolute atomic E-state index is 0.00462. The molecule has 0 saturated heterocycles. The molecule has 172 valence electrons. The molecule has 0 saturated carbocycles. The summed E-state index contributed by atoms with van der Waals surface area (Å²) < 4.78 is 24.2. The highest BCUT2D eigenvalue weighted by atomic mass is 19.1. The minimum atomic E-state index is -0.325. The fourth-order valence-electron chi connectivity index (χ4n) is 3.48. The van der Waals surface area contributed by atoms with E-state index in [-0.39, 0.29) is 35.9 Å². The molecule has 0 bridgehead atoms. The predicted molar refractivity (Wildman–Crippen MR) is 123 cm³/mol. The van der Waals surface area contributed by atoms with Gasteiger partial charge in [-0.2, -0.15) is 4.98 Å². The van der Waals surface area contributed by atoms with Crippen LogP contribution in [-0.4, -0.2) is 33.8 Å². The van der Waals surface area contributed by atoms with Gasteiger partial charge in [-0.25, -0.2) is 9.37 Å². The number of nitrogens with zero attached hydrogens (tertiary/aromatic N) is 3. The Kier molecular flexibility index (Phi) is 6.58. The van der Waals surface area contributed by atoms with Crippen molar-refractivity contribution >= 4 is 11.6 Å². The predicted octanol–water partition coefficient (Wildman–Crippen LogP) is 5.41. The molecular formula is C26H22FN3O4. The molecule has 0 unspecified atom stereocenters. The Hall–Kier alpha value is -4.20. The topological polar surface area (TPSA) is 95.2 Å². The van der Waals surface area contributed by atoms with Crippen molar-refractivity contribution in [1.82, 2.24) is 15.1 Å². The number of halogens is 1. The number of ether oxygens (including phenoxy) is 1. The Morgan fingerprint density at radius 3 is 2.26 bits per heavy atom. The van der Waals surface area contributed by atoms with Gasteiger partial charge in [0, 0.05) is 29.5 Å². The Morgan fingerprint density at radius 2 is 1.62 bits per heavy atom. The molecule has 4 rings (SSSR count). The minimum Gasteiger partial charge on any atom is -0.494 e. The van der Waals surface area contributed by atoms with Crippen LogP contribution in [0.1, 0.15) is 45.1 Å². The van der Waals surface area contributed by atoms with Crippen molar-refractivity contribution in [3.8, 4) is 28.5 Å². The average molecular weight is 459 g/mol. The quantitative estimate of drug-likeness (QED) is 0.325. The number of rotatable bonds is 8. The van der Waals surface area contributed by atoms with Gasteiger partial charge in [-0.05, 0) is 61.9 Å². The number of carbonyl (C=O) groups is 2. The molecule has 34 heavy (non-hydrogen) atoms. The van der Waals surface area contributed by atoms with E-state index in [2.05, 4.69) is 15.1 Å². The maximum absolute atomic E-state index is 13.7. The number of aryl methyl sites for hydroxylation is 2. The van der Waals surface area contributed by atoms with Gasteiger partial charge in [-0.15, -0.1) is 0 Å². The van der Waals surface area contributed by atoms with Crippen molar-refractivity contribution in [2.75, 3.05) is 7.11 Å². The highest BCUT2D eigenvalue weighted by molar-refractivity contribution is 6.01. The largest absolute Gasteiger partial charge is 0.494 e. The molecule has 2 aromatic heterocycles. The summed E-state index contributed by atoms with van der Waals surface area (Å²) in [7, 11) is 1.50. The number of methoxy groups -OCH3 is 1. The molecule has 0 aliphatic carbocycles. The summed E-state index contributed by atoms with van der Waals surface area (Å²) in [6.07, 6.45) is 0.0429. The van der Waals surface area contributed by atoms with E-state index >= 15 is 0 Å². The normalized spacial score (nSPS) is 10.8. The van der Waals surface area contributed by atoms with Crippen LogP contribution in [0.4, 0.5) is 4.39 Å². The molecule has 0 amide bonds. The molecule has 0 spiro atoms. The number of pyridine rings is 1. The molecule has 0 aliphatic rings. The molecule has 2 aromatic carbocycles. The number of carbonyl (C=O) groups excluding carboxylic acids is 2. The van der Waals surface area contributed by atoms with Crippen molar-refractivity contribution in [3.05, 3.63) is 83.1 Å². The lowest BCUT2D eigenvalue weighted by molar-refractivity contribution is 0.0915. The van der Waals surface area contributed by atoms with Crippen molar-refractivity contribution in [2.24, 2.45) is 0 Å². The summed E-state index contributed by atoms with van der Waals surface area (Å²) in [4.78, 5) is 34.0. The first-order valence-electron chi connectivity index (χ1n) is 10.6. The monoisotopic (exact) mass is 459 g/mol. The van der Waals surface area contributed by atoms with E-state index in [0.717, 1.165) is 0 Å². The number of hydrogen-bond donors (Lipinski definition) is 0. The summed E-state index contributed by atoms with van der Waals surface area (Å²) in [6.45, 7) is 3.38. The van der Waals surface area contributed by atoms with E-state index in [1.807, 2.05) is 0 Å². The third-order valence-corrected chi connectivity index (χ3v) is 5.36. The lowest BCUT2D eigenvalue weighted by Crippen LogP contribution is -2.08. The summed E-state index contributed by atoms with van der Waals surface area (Å²) in [5.41, 5.74) is 2.95. The van der Waals surface area contributed by atoms with Gasteiger partial charge in [0.15, 0.2) is 17.4 Å². The van der Waals surface area contributed by atoms with Crippen LogP contribution < -0.4 is 4.74 Å². The highest BCUT2D eigenvalue weighted by Gasteiger charge is 2.17. The van der Waals surface area contributed by atoms with E-state index in [0.29, 0.717) is 45.4 Å². The van der Waals surface area contributed by atoms with E-state index in [4.69, 9.17) is 9.26 Å². The number of benzene rings is 2. The SMILES string of the molecule is COc1ccc(C(=O)CCC(=O)c2ccc(-c3nc(C)no3)cc2)nc1-c1ccc(F)c(C)c1. The fourth-order valence-corrected chi connectivity index (χ4v) is 3.48. The maximum atomic E-state index is 13.7. The number of Topliss-reactive ketones (excluding diaryl/α,β-unsaturated/α-hetero) is 2. The van der Waals surface area contributed by atoms with Gasteiger partial charge < -0.3 is 9.26 Å². The van der Waals surface area contributed by atoms with Crippen LogP contribution in [0.5, 0.6) is 5.75 Å². The lowest BCUT2D eigenvalue weighted by Gasteiger charge is -2.11. The van der Waals surface area contributed by atoms with Gasteiger partial charge in [-0.3, -0.25) is 9.59 Å². The third-order valence-electron chi connectivity index (χ3n) is 5.36. The van der Waals surface area contributed by atoms with Gasteiger partial charge in [-0.1, -0.05) is 17.3 Å². The second-order valence-corrected chi connectivity index (χ2v) is 7.78. The third kappa shape index (κ3) is 4.91. The van der Waals surface area contributed by atoms with Crippen LogP contribution in [0.25, 0.3) is 22.7 Å². The maximum Gasteiger partial charge on any atom is 0.257 e. The Morgan fingerprint density at radius 1 is 0.912 bits per heavy atom. The summed E-state index contributed by atoms with van der Waals surface area (Å²) in [5.74, 6) is 0.616. The van der Waals surface area contributed by atoms with Gasteiger partial charge in [0.2, 0.25) is 0 Å². The second-order valence-electron chi connectivity index (χ2n) is 7.78. The van der Waals surface area contributed by atoms with Crippen LogP contribution in [0.15, 0.2) is 59.1 Å². The molecule has 8 heteroatoms. The lowest BCUT2D eigenvalue weighted by atomic mass is 10.0. The van der Waals surface area contributed by atoms with Crippen molar-refractivity contribution < 1.29 is 23.2 Å². The van der Waals surface area contributed by atoms with E-state index in [1.165, 1.54) is 13.2 Å². The first-order valence-corrected chi connectivity index (χ1v) is 10.6. The van der Waals surface area contributed by atoms with E-state index < -0.39 is 0 Å². The Balaban J connectivity index is 1.46. The summed E-state index contributed by atoms with van der Waals surface area (Å²) in [6, 6.07) is 14.6. The zero-order valence-electron chi connectivity index (χ0n) is 19.0. The first kappa shape index (κ1) is 23.0. The first-order chi connectivity index (χ1) is 16.4. The zero-order valence-corrected chi connectivity index (χ0v) is 19.0. The molecule has 0 atom stereocenters. The summed E-state index contributed by atoms with van der Waals surface area (Å²) in [5, 5.41) is 3.75. The van der Waals surface area contributed by atoms with Crippen molar-refractivity contribution in [2.45, 2.75) is 26.7 Å². The molecule has 7 nitrogen and oxygen atoms in total. The van der Waals surface area contributed by atoms with E-state index in [9.17, 15) is 14.0 Å². The molecule has 0 aliphatic heterocycles. The van der Waals surface area contributed by atoms with Crippen LogP contribution >= 0.6 is 0 Å². The Labute approximate surface area is 195 Å². The van der Waals surface area contributed by atoms with Gasteiger partial charge in [0.05, 0.1) is 7.11 Å². The van der Waals surface area contributed by atoms with Crippen LogP contribution in [0, 0.1) is 19.7 Å². The van der Waals surface area contributed by atoms with Gasteiger partial charge >= 0.3 is 0 Å². The molecule has 2 heterocycles. The fraction of sp³-hybridized carbons (Fsp3) is 0.192. The van der Waals surface area contributed by atoms with Crippen molar-refractivity contribution in [1.29, 1.82) is 0 Å². The van der Waals surface area contributed by atoms with Gasteiger partial charge in [0.25, 0.3) is 5.89 Å².